The van der Waals surface area contributed by atoms with Crippen molar-refractivity contribution >= 4 is 46.6 Å². The fraction of sp³-hybridized carbons (Fsp3) is 0.125. The Kier molecular flexibility index (Phi) is 6.48. The predicted octanol–water partition coefficient (Wildman–Crippen LogP) is 5.97. The number of carboxylic acid groups (broad SMARTS) is 1. The summed E-state index contributed by atoms with van der Waals surface area (Å²) >= 11 is 6.79. The molecule has 1 aromatic heterocycles. The number of carbonyl (C=O) groups is 3. The molecule has 0 unspecified atom stereocenters. The van der Waals surface area contributed by atoms with Crippen molar-refractivity contribution in [2.24, 2.45) is 0 Å². The number of halogens is 1. The normalized spacial score (nSPS) is 15.0. The monoisotopic (exact) mass is 467 g/mol. The van der Waals surface area contributed by atoms with Gasteiger partial charge in [-0.25, -0.2) is 4.79 Å². The van der Waals surface area contributed by atoms with E-state index in [-0.39, 0.29) is 26.6 Å². The van der Waals surface area contributed by atoms with Crippen LogP contribution in [0.4, 0.5) is 4.79 Å². The molecule has 1 fully saturated rings. The second kappa shape index (κ2) is 9.46. The van der Waals surface area contributed by atoms with Gasteiger partial charge in [-0.05, 0) is 60.5 Å². The molecule has 0 atom stereocenters. The molecule has 8 heteroatoms. The summed E-state index contributed by atoms with van der Waals surface area (Å²) in [6, 6.07) is 17.8. The lowest BCUT2D eigenvalue weighted by Crippen LogP contribution is -2.29. The number of aromatic carboxylic acids is 1. The number of rotatable bonds is 7. The number of imide groups is 1. The molecule has 0 aliphatic carbocycles. The van der Waals surface area contributed by atoms with E-state index in [0.717, 1.165) is 23.7 Å². The highest BCUT2D eigenvalue weighted by molar-refractivity contribution is 8.18. The maximum absolute atomic E-state index is 12.7. The Morgan fingerprint density at radius 1 is 1.09 bits per heavy atom. The summed E-state index contributed by atoms with van der Waals surface area (Å²) in [7, 11) is 0. The molecule has 0 saturated carbocycles. The quantitative estimate of drug-likeness (QED) is 0.431. The minimum atomic E-state index is -1.13. The Balaban J connectivity index is 1.45. The van der Waals surface area contributed by atoms with Crippen LogP contribution in [0, 0.1) is 0 Å². The van der Waals surface area contributed by atoms with Crippen LogP contribution < -0.4 is 0 Å². The third-order valence-corrected chi connectivity index (χ3v) is 6.18. The smallest absolute Gasteiger partial charge is 0.337 e. The van der Waals surface area contributed by atoms with Crippen molar-refractivity contribution in [1.82, 2.24) is 4.90 Å². The molecule has 0 bridgehead atoms. The standard InChI is InChI=1S/C24H18ClNO5S/c25-19-10-8-16(13-18(19)23(28)29)20-11-9-17(31-20)14-21-22(27)26(24(30)32-21)12-4-7-15-5-2-1-3-6-15/h1-3,5-6,8-11,13-14H,4,7,12H2,(H,28,29)/b21-14-. The SMILES string of the molecule is O=C(O)c1cc(-c2ccc(/C=C3\SC(=O)N(CCCc4ccccc4)C3=O)o2)ccc1Cl. The van der Waals surface area contributed by atoms with Gasteiger partial charge >= 0.3 is 5.97 Å². The minimum absolute atomic E-state index is 0.0289. The first-order valence-electron chi connectivity index (χ1n) is 9.85. The first-order valence-corrected chi connectivity index (χ1v) is 11.0. The van der Waals surface area contributed by atoms with Gasteiger partial charge in [0.1, 0.15) is 11.5 Å². The zero-order valence-corrected chi connectivity index (χ0v) is 18.4. The van der Waals surface area contributed by atoms with Crippen LogP contribution >= 0.6 is 23.4 Å². The molecule has 2 aromatic carbocycles. The predicted molar refractivity (Wildman–Crippen MR) is 124 cm³/mol. The van der Waals surface area contributed by atoms with Crippen molar-refractivity contribution in [1.29, 1.82) is 0 Å². The van der Waals surface area contributed by atoms with Crippen molar-refractivity contribution in [3.05, 3.63) is 87.5 Å². The third-order valence-electron chi connectivity index (χ3n) is 4.95. The second-order valence-corrected chi connectivity index (χ2v) is 8.52. The summed E-state index contributed by atoms with van der Waals surface area (Å²) in [5.74, 6) is -0.658. The van der Waals surface area contributed by atoms with Gasteiger partial charge in [0.05, 0.1) is 15.5 Å². The third kappa shape index (κ3) is 4.79. The van der Waals surface area contributed by atoms with Gasteiger partial charge < -0.3 is 9.52 Å². The van der Waals surface area contributed by atoms with Crippen LogP contribution in [0.2, 0.25) is 5.02 Å². The molecular weight excluding hydrogens is 450 g/mol. The number of hydrogen-bond donors (Lipinski definition) is 1. The molecule has 0 spiro atoms. The van der Waals surface area contributed by atoms with E-state index in [4.69, 9.17) is 16.0 Å². The number of nitrogens with zero attached hydrogens (tertiary/aromatic N) is 1. The van der Waals surface area contributed by atoms with Crippen LogP contribution in [0.5, 0.6) is 0 Å². The van der Waals surface area contributed by atoms with Crippen molar-refractivity contribution < 1.29 is 23.9 Å². The van der Waals surface area contributed by atoms with Crippen LogP contribution in [0.1, 0.15) is 28.1 Å². The Labute approximate surface area is 193 Å². The van der Waals surface area contributed by atoms with Gasteiger partial charge in [0.15, 0.2) is 0 Å². The average molecular weight is 468 g/mol. The van der Waals surface area contributed by atoms with Crippen molar-refractivity contribution in [2.45, 2.75) is 12.8 Å². The van der Waals surface area contributed by atoms with Gasteiger partial charge in [-0.15, -0.1) is 0 Å². The molecule has 1 N–H and O–H groups in total. The number of furan rings is 1. The maximum atomic E-state index is 12.7. The zero-order valence-electron chi connectivity index (χ0n) is 16.8. The van der Waals surface area contributed by atoms with E-state index in [2.05, 4.69) is 0 Å². The topological polar surface area (TPSA) is 87.8 Å². The summed E-state index contributed by atoms with van der Waals surface area (Å²) in [5, 5.41) is 9.07. The van der Waals surface area contributed by atoms with Gasteiger partial charge in [-0.2, -0.15) is 0 Å². The molecule has 1 saturated heterocycles. The van der Waals surface area contributed by atoms with Crippen LogP contribution in [0.3, 0.4) is 0 Å². The number of thioether (sulfide) groups is 1. The van der Waals surface area contributed by atoms with E-state index in [1.165, 1.54) is 23.1 Å². The fourth-order valence-electron chi connectivity index (χ4n) is 3.34. The van der Waals surface area contributed by atoms with E-state index >= 15 is 0 Å². The number of benzene rings is 2. The molecule has 6 nitrogen and oxygen atoms in total. The lowest BCUT2D eigenvalue weighted by atomic mass is 10.1. The minimum Gasteiger partial charge on any atom is -0.478 e. The number of hydrogen-bond acceptors (Lipinski definition) is 5. The van der Waals surface area contributed by atoms with E-state index < -0.39 is 5.97 Å². The molecular formula is C24H18ClNO5S. The molecule has 2 heterocycles. The summed E-state index contributed by atoms with van der Waals surface area (Å²) in [4.78, 5) is 37.8. The Hall–Kier alpha value is -3.29. The zero-order chi connectivity index (χ0) is 22.7. The lowest BCUT2D eigenvalue weighted by molar-refractivity contribution is -0.122. The van der Waals surface area contributed by atoms with Crippen LogP contribution in [-0.4, -0.2) is 33.7 Å². The van der Waals surface area contributed by atoms with Crippen LogP contribution in [0.15, 0.2) is 70.0 Å². The Morgan fingerprint density at radius 2 is 1.88 bits per heavy atom. The lowest BCUT2D eigenvalue weighted by Gasteiger charge is -2.11. The molecule has 3 aromatic rings. The Bertz CT molecular complexity index is 1220. The molecule has 1 aliphatic rings. The first-order chi connectivity index (χ1) is 15.4. The van der Waals surface area contributed by atoms with Crippen molar-refractivity contribution in [2.75, 3.05) is 6.54 Å². The number of carbonyl (C=O) groups excluding carboxylic acids is 2. The highest BCUT2D eigenvalue weighted by Crippen LogP contribution is 2.34. The second-order valence-electron chi connectivity index (χ2n) is 7.12. The largest absolute Gasteiger partial charge is 0.478 e. The van der Waals surface area contributed by atoms with Crippen LogP contribution in [0.25, 0.3) is 17.4 Å². The van der Waals surface area contributed by atoms with Crippen molar-refractivity contribution in [3.8, 4) is 11.3 Å². The molecule has 4 rings (SSSR count). The van der Waals surface area contributed by atoms with Crippen molar-refractivity contribution in [3.63, 3.8) is 0 Å². The molecule has 32 heavy (non-hydrogen) atoms. The highest BCUT2D eigenvalue weighted by Gasteiger charge is 2.34. The van der Waals surface area contributed by atoms with E-state index in [1.54, 1.807) is 18.2 Å². The van der Waals surface area contributed by atoms with Gasteiger partial charge in [-0.1, -0.05) is 41.9 Å². The number of amides is 2. The van der Waals surface area contributed by atoms with E-state index in [9.17, 15) is 19.5 Å². The van der Waals surface area contributed by atoms with Gasteiger partial charge in [0, 0.05) is 18.2 Å². The number of aryl methyl sites for hydroxylation is 1. The molecule has 2 amide bonds. The summed E-state index contributed by atoms with van der Waals surface area (Å²) in [6.07, 6.45) is 2.99. The summed E-state index contributed by atoms with van der Waals surface area (Å²) in [6.45, 7) is 0.350. The molecule has 0 radical (unpaired) electrons. The first kappa shape index (κ1) is 21.9. The average Bonchev–Trinajstić information content (AvgIpc) is 3.34. The molecule has 1 aliphatic heterocycles. The fourth-order valence-corrected chi connectivity index (χ4v) is 4.38. The summed E-state index contributed by atoms with van der Waals surface area (Å²) in [5.41, 5.74) is 1.67. The highest BCUT2D eigenvalue weighted by atomic mass is 35.5. The number of carboxylic acids is 1. The van der Waals surface area contributed by atoms with Gasteiger partial charge in [0.25, 0.3) is 11.1 Å². The van der Waals surface area contributed by atoms with E-state index in [1.807, 2.05) is 30.3 Å². The van der Waals surface area contributed by atoms with Gasteiger partial charge in [0.2, 0.25) is 0 Å². The van der Waals surface area contributed by atoms with Crippen LogP contribution in [-0.2, 0) is 11.2 Å². The maximum Gasteiger partial charge on any atom is 0.337 e. The van der Waals surface area contributed by atoms with Gasteiger partial charge in [-0.3, -0.25) is 14.5 Å². The summed E-state index contributed by atoms with van der Waals surface area (Å²) < 4.78 is 5.76. The molecule has 162 valence electrons. The Morgan fingerprint density at radius 3 is 2.62 bits per heavy atom. The van der Waals surface area contributed by atoms with E-state index in [0.29, 0.717) is 30.0 Å².